The highest BCUT2D eigenvalue weighted by Crippen LogP contribution is 2.59. The Hall–Kier alpha value is -1.26. The second-order valence-corrected chi connectivity index (χ2v) is 10.6. The second-order valence-electron chi connectivity index (χ2n) is 9.79. The summed E-state index contributed by atoms with van der Waals surface area (Å²) < 4.78 is 5.24. The number of halogens is 2. The molecular weight excluding hydrogens is 421 g/mol. The maximum absolute atomic E-state index is 12.9. The summed E-state index contributed by atoms with van der Waals surface area (Å²) in [5.41, 5.74) is 2.87. The Morgan fingerprint density at radius 3 is 2.43 bits per heavy atom. The van der Waals surface area contributed by atoms with Crippen molar-refractivity contribution < 1.29 is 14.4 Å². The number of nitrogens with zero attached hydrogens (tertiary/aromatic N) is 1. The largest absolute Gasteiger partial charge is 0.469 e. The van der Waals surface area contributed by atoms with Gasteiger partial charge in [0.2, 0.25) is 0 Å². The SMILES string of the molecule is COC(=O)[C@]1(C)CCC[C@]2(C)c3cc(Cl)c(C(C)C)c(Cl)c3/C(=N/OC(C)C)C[C@@H]12. The van der Waals surface area contributed by atoms with Crippen molar-refractivity contribution in [1.82, 2.24) is 0 Å². The highest BCUT2D eigenvalue weighted by molar-refractivity contribution is 6.39. The highest BCUT2D eigenvalue weighted by atomic mass is 35.5. The van der Waals surface area contributed by atoms with Gasteiger partial charge in [-0.05, 0) is 74.5 Å². The molecule has 3 atom stereocenters. The molecule has 1 saturated carbocycles. The molecular formula is C24H33Cl2NO3. The van der Waals surface area contributed by atoms with Gasteiger partial charge in [0.05, 0.1) is 23.3 Å². The number of benzene rings is 1. The van der Waals surface area contributed by atoms with Crippen molar-refractivity contribution in [3.8, 4) is 0 Å². The van der Waals surface area contributed by atoms with Crippen LogP contribution < -0.4 is 0 Å². The van der Waals surface area contributed by atoms with Gasteiger partial charge >= 0.3 is 5.97 Å². The zero-order valence-electron chi connectivity index (χ0n) is 19.1. The van der Waals surface area contributed by atoms with Crippen LogP contribution in [0.5, 0.6) is 0 Å². The first-order valence-corrected chi connectivity index (χ1v) is 11.6. The minimum Gasteiger partial charge on any atom is -0.469 e. The van der Waals surface area contributed by atoms with Gasteiger partial charge in [-0.2, -0.15) is 0 Å². The number of fused-ring (bicyclic) bond motifs is 3. The van der Waals surface area contributed by atoms with Crippen LogP contribution in [0, 0.1) is 11.3 Å². The van der Waals surface area contributed by atoms with Gasteiger partial charge in [0.25, 0.3) is 0 Å². The van der Waals surface area contributed by atoms with E-state index in [4.69, 9.17) is 32.8 Å². The summed E-state index contributed by atoms with van der Waals surface area (Å²) in [5.74, 6) is 0.0343. The molecule has 0 spiro atoms. The summed E-state index contributed by atoms with van der Waals surface area (Å²) in [4.78, 5) is 18.6. The summed E-state index contributed by atoms with van der Waals surface area (Å²) in [6.07, 6.45) is 3.25. The van der Waals surface area contributed by atoms with E-state index in [9.17, 15) is 4.79 Å². The maximum Gasteiger partial charge on any atom is 0.311 e. The van der Waals surface area contributed by atoms with E-state index in [0.717, 1.165) is 41.7 Å². The van der Waals surface area contributed by atoms with E-state index in [0.29, 0.717) is 16.5 Å². The highest BCUT2D eigenvalue weighted by Gasteiger charge is 2.57. The lowest BCUT2D eigenvalue weighted by atomic mass is 9.49. The van der Waals surface area contributed by atoms with Gasteiger partial charge in [-0.1, -0.05) is 55.5 Å². The molecule has 0 bridgehead atoms. The van der Waals surface area contributed by atoms with Gasteiger partial charge < -0.3 is 9.57 Å². The van der Waals surface area contributed by atoms with Gasteiger partial charge in [-0.25, -0.2) is 0 Å². The average molecular weight is 454 g/mol. The van der Waals surface area contributed by atoms with E-state index >= 15 is 0 Å². The van der Waals surface area contributed by atoms with Crippen molar-refractivity contribution in [2.75, 3.05) is 7.11 Å². The minimum absolute atomic E-state index is 0.0187. The van der Waals surface area contributed by atoms with Gasteiger partial charge in [-0.3, -0.25) is 4.79 Å². The molecule has 0 N–H and O–H groups in total. The third kappa shape index (κ3) is 3.64. The Labute approximate surface area is 190 Å². The predicted molar refractivity (Wildman–Crippen MR) is 123 cm³/mol. The van der Waals surface area contributed by atoms with Crippen LogP contribution in [0.4, 0.5) is 0 Å². The van der Waals surface area contributed by atoms with Crippen molar-refractivity contribution in [2.24, 2.45) is 16.5 Å². The zero-order valence-corrected chi connectivity index (χ0v) is 20.6. The number of esters is 1. The summed E-state index contributed by atoms with van der Waals surface area (Å²) in [7, 11) is 1.47. The maximum atomic E-state index is 12.9. The normalized spacial score (nSPS) is 29.7. The average Bonchev–Trinajstić information content (AvgIpc) is 2.66. The van der Waals surface area contributed by atoms with Gasteiger partial charge in [-0.15, -0.1) is 0 Å². The van der Waals surface area contributed by atoms with Crippen LogP contribution in [0.15, 0.2) is 11.2 Å². The molecule has 0 heterocycles. The topological polar surface area (TPSA) is 47.9 Å². The van der Waals surface area contributed by atoms with Crippen molar-refractivity contribution >= 4 is 34.9 Å². The van der Waals surface area contributed by atoms with Crippen molar-refractivity contribution in [1.29, 1.82) is 0 Å². The van der Waals surface area contributed by atoms with Crippen molar-refractivity contribution in [2.45, 2.75) is 84.7 Å². The second kappa shape index (κ2) is 8.35. The van der Waals surface area contributed by atoms with Gasteiger partial charge in [0.15, 0.2) is 0 Å². The van der Waals surface area contributed by atoms with Crippen LogP contribution in [-0.4, -0.2) is 24.9 Å². The first-order chi connectivity index (χ1) is 14.0. The predicted octanol–water partition coefficient (Wildman–Crippen LogP) is 6.89. The number of ether oxygens (including phenoxy) is 1. The molecule has 1 fully saturated rings. The monoisotopic (exact) mass is 453 g/mol. The number of carbonyl (C=O) groups excluding carboxylic acids is 1. The molecule has 1 aromatic carbocycles. The van der Waals surface area contributed by atoms with Crippen LogP contribution in [0.25, 0.3) is 0 Å². The van der Waals surface area contributed by atoms with Crippen molar-refractivity contribution in [3.05, 3.63) is 32.8 Å². The molecule has 2 aliphatic rings. The lowest BCUT2D eigenvalue weighted by molar-refractivity contribution is -0.160. The summed E-state index contributed by atoms with van der Waals surface area (Å²) in [6.45, 7) is 12.3. The quantitative estimate of drug-likeness (QED) is 0.368. The third-order valence-electron chi connectivity index (χ3n) is 7.09. The lowest BCUT2D eigenvalue weighted by Crippen LogP contribution is -2.54. The Morgan fingerprint density at radius 2 is 1.87 bits per heavy atom. The number of methoxy groups -OCH3 is 1. The molecule has 0 unspecified atom stereocenters. The molecule has 3 rings (SSSR count). The Kier molecular flexibility index (Phi) is 6.51. The number of oxime groups is 1. The fourth-order valence-electron chi connectivity index (χ4n) is 5.57. The van der Waals surface area contributed by atoms with Crippen LogP contribution in [0.3, 0.4) is 0 Å². The number of hydrogen-bond acceptors (Lipinski definition) is 4. The van der Waals surface area contributed by atoms with Gasteiger partial charge in [0, 0.05) is 10.6 Å². The molecule has 30 heavy (non-hydrogen) atoms. The minimum atomic E-state index is -0.603. The van der Waals surface area contributed by atoms with Crippen LogP contribution in [0.1, 0.15) is 89.8 Å². The fraction of sp³-hybridized carbons (Fsp3) is 0.667. The molecule has 0 aromatic heterocycles. The number of rotatable bonds is 4. The third-order valence-corrected chi connectivity index (χ3v) is 7.79. The molecule has 1 aromatic rings. The van der Waals surface area contributed by atoms with E-state index in [1.165, 1.54) is 7.11 Å². The van der Waals surface area contributed by atoms with Crippen LogP contribution in [0.2, 0.25) is 10.0 Å². The van der Waals surface area contributed by atoms with E-state index in [1.807, 2.05) is 20.8 Å². The molecule has 166 valence electrons. The lowest BCUT2D eigenvalue weighted by Gasteiger charge is -2.54. The van der Waals surface area contributed by atoms with Crippen LogP contribution in [-0.2, 0) is 19.8 Å². The number of hydrogen-bond donors (Lipinski definition) is 0. The van der Waals surface area contributed by atoms with Crippen LogP contribution >= 0.6 is 23.2 Å². The zero-order chi connectivity index (χ0) is 22.4. The number of carbonyl (C=O) groups is 1. The molecule has 2 aliphatic carbocycles. The Morgan fingerprint density at radius 1 is 1.20 bits per heavy atom. The standard InChI is InChI=1S/C24H33Cl2NO3/c1-13(2)19-16(25)11-15-20(21(19)26)17(27-30-14(3)4)12-18-23(15,5)9-8-10-24(18,6)22(28)29-7/h11,13-14,18H,8-10,12H2,1-7H3/b27-17+/t18-,23-,24-/m1/s1. The van der Waals surface area contributed by atoms with Crippen molar-refractivity contribution in [3.63, 3.8) is 0 Å². The van der Waals surface area contributed by atoms with E-state index in [1.54, 1.807) is 0 Å². The fourth-order valence-corrected chi connectivity index (χ4v) is 6.57. The Balaban J connectivity index is 2.30. The molecule has 4 nitrogen and oxygen atoms in total. The van der Waals surface area contributed by atoms with E-state index in [2.05, 4.69) is 32.0 Å². The molecule has 0 radical (unpaired) electrons. The summed E-state index contributed by atoms with van der Waals surface area (Å²) in [5, 5.41) is 5.85. The first kappa shape index (κ1) is 23.4. The smallest absolute Gasteiger partial charge is 0.311 e. The summed E-state index contributed by atoms with van der Waals surface area (Å²) in [6, 6.07) is 2.05. The first-order valence-electron chi connectivity index (χ1n) is 10.8. The Bertz CT molecular complexity index is 880. The molecule has 0 amide bonds. The molecule has 0 aliphatic heterocycles. The molecule has 6 heteroatoms. The van der Waals surface area contributed by atoms with E-state index < -0.39 is 5.41 Å². The van der Waals surface area contributed by atoms with Gasteiger partial charge in [0.1, 0.15) is 6.10 Å². The van der Waals surface area contributed by atoms with E-state index in [-0.39, 0.29) is 29.3 Å². The summed E-state index contributed by atoms with van der Waals surface area (Å²) >= 11 is 13.7. The molecule has 0 saturated heterocycles.